The Kier molecular flexibility index (Phi) is 7.22. The zero-order chi connectivity index (χ0) is 24.9. The molecule has 0 radical (unpaired) electrons. The molecule has 1 amide bonds. The fourth-order valence-corrected chi connectivity index (χ4v) is 4.07. The number of amides is 1. The number of aryl methyl sites for hydroxylation is 1. The van der Waals surface area contributed by atoms with Crippen LogP contribution in [-0.4, -0.2) is 17.2 Å². The molecule has 0 saturated heterocycles. The number of hydrogen-bond acceptors (Lipinski definition) is 4. The Morgan fingerprint density at radius 1 is 0.971 bits per heavy atom. The summed E-state index contributed by atoms with van der Waals surface area (Å²) >= 11 is 6.21. The number of ether oxygens (including phenoxy) is 1. The lowest BCUT2D eigenvalue weighted by atomic mass is 10.0. The standard InChI is InChI=1S/C28H24ClNO5/c1-17-16-34-27(26(17)30-28(33)35-18(2)23-5-3-4-6-24(23)29)22-13-11-21(12-14-22)20-9-7-19(8-10-20)15-25(31)32/h3-14,16,18H,15H2,1-2H3,(H,30,33)(H,31,32). The lowest BCUT2D eigenvalue weighted by Gasteiger charge is -2.16. The summed E-state index contributed by atoms with van der Waals surface area (Å²) in [6.45, 7) is 3.60. The van der Waals surface area contributed by atoms with Crippen molar-refractivity contribution in [2.24, 2.45) is 0 Å². The third kappa shape index (κ3) is 5.73. The van der Waals surface area contributed by atoms with Crippen LogP contribution in [0, 0.1) is 6.92 Å². The number of carbonyl (C=O) groups excluding carboxylic acids is 1. The van der Waals surface area contributed by atoms with Gasteiger partial charge in [0.1, 0.15) is 6.10 Å². The first-order chi connectivity index (χ1) is 16.8. The molecule has 1 unspecified atom stereocenters. The van der Waals surface area contributed by atoms with E-state index in [-0.39, 0.29) is 6.42 Å². The first kappa shape index (κ1) is 24.1. The van der Waals surface area contributed by atoms with Crippen LogP contribution >= 0.6 is 11.6 Å². The SMILES string of the molecule is Cc1coc(-c2ccc(-c3ccc(CC(=O)O)cc3)cc2)c1NC(=O)OC(C)c1ccccc1Cl. The summed E-state index contributed by atoms with van der Waals surface area (Å²) in [5.74, 6) is -0.337. The number of furan rings is 1. The Bertz CT molecular complexity index is 1340. The van der Waals surface area contributed by atoms with E-state index in [9.17, 15) is 9.59 Å². The van der Waals surface area contributed by atoms with E-state index in [1.807, 2.05) is 73.7 Å². The van der Waals surface area contributed by atoms with Gasteiger partial charge in [-0.1, -0.05) is 78.3 Å². The molecule has 4 rings (SSSR count). The number of halogens is 1. The van der Waals surface area contributed by atoms with Crippen LogP contribution in [0.4, 0.5) is 10.5 Å². The predicted octanol–water partition coefficient (Wildman–Crippen LogP) is 7.51. The Labute approximate surface area is 208 Å². The maximum absolute atomic E-state index is 12.6. The Hall–Kier alpha value is -4.03. The van der Waals surface area contributed by atoms with Crippen molar-refractivity contribution in [2.75, 3.05) is 5.32 Å². The van der Waals surface area contributed by atoms with Gasteiger partial charge >= 0.3 is 12.1 Å². The van der Waals surface area contributed by atoms with Crippen LogP contribution in [0.5, 0.6) is 0 Å². The molecule has 1 aromatic heterocycles. The fraction of sp³-hybridized carbons (Fsp3) is 0.143. The summed E-state index contributed by atoms with van der Waals surface area (Å²) in [6, 6.07) is 22.3. The van der Waals surface area contributed by atoms with E-state index in [1.165, 1.54) is 0 Å². The molecule has 0 fully saturated rings. The van der Waals surface area contributed by atoms with Crippen LogP contribution in [0.1, 0.15) is 29.7 Å². The maximum Gasteiger partial charge on any atom is 0.412 e. The molecule has 7 heteroatoms. The number of hydrogen-bond donors (Lipinski definition) is 2. The summed E-state index contributed by atoms with van der Waals surface area (Å²) in [7, 11) is 0. The minimum absolute atomic E-state index is 0.00750. The molecule has 0 aliphatic rings. The molecule has 178 valence electrons. The van der Waals surface area contributed by atoms with Crippen LogP contribution in [0.15, 0.2) is 83.5 Å². The van der Waals surface area contributed by atoms with Gasteiger partial charge < -0.3 is 14.3 Å². The van der Waals surface area contributed by atoms with Gasteiger partial charge in [-0.25, -0.2) is 4.79 Å². The van der Waals surface area contributed by atoms with Crippen LogP contribution in [-0.2, 0) is 16.0 Å². The number of anilines is 1. The molecule has 0 aliphatic heterocycles. The monoisotopic (exact) mass is 489 g/mol. The lowest BCUT2D eigenvalue weighted by molar-refractivity contribution is -0.136. The fourth-order valence-electron chi connectivity index (χ4n) is 3.78. The molecule has 35 heavy (non-hydrogen) atoms. The van der Waals surface area contributed by atoms with E-state index in [4.69, 9.17) is 25.9 Å². The lowest BCUT2D eigenvalue weighted by Crippen LogP contribution is -2.16. The van der Waals surface area contributed by atoms with E-state index in [2.05, 4.69) is 5.32 Å². The largest absolute Gasteiger partial charge is 0.481 e. The normalized spacial score (nSPS) is 11.6. The van der Waals surface area contributed by atoms with Crippen molar-refractivity contribution in [3.05, 3.63) is 101 Å². The van der Waals surface area contributed by atoms with Gasteiger partial charge in [-0.15, -0.1) is 0 Å². The van der Waals surface area contributed by atoms with Crippen LogP contribution < -0.4 is 5.32 Å². The second-order valence-electron chi connectivity index (χ2n) is 8.16. The number of rotatable bonds is 7. The highest BCUT2D eigenvalue weighted by Crippen LogP contribution is 2.35. The molecule has 2 N–H and O–H groups in total. The first-order valence-electron chi connectivity index (χ1n) is 11.0. The summed E-state index contributed by atoms with van der Waals surface area (Å²) in [5, 5.41) is 12.3. The zero-order valence-electron chi connectivity index (χ0n) is 19.2. The van der Waals surface area contributed by atoms with E-state index >= 15 is 0 Å². The van der Waals surface area contributed by atoms with E-state index < -0.39 is 18.2 Å². The van der Waals surface area contributed by atoms with E-state index in [1.54, 1.807) is 19.3 Å². The van der Waals surface area contributed by atoms with E-state index in [0.29, 0.717) is 16.5 Å². The summed E-state index contributed by atoms with van der Waals surface area (Å²) in [4.78, 5) is 23.5. The van der Waals surface area contributed by atoms with Crippen molar-refractivity contribution in [1.82, 2.24) is 0 Å². The second kappa shape index (κ2) is 10.5. The third-order valence-corrected chi connectivity index (χ3v) is 5.96. The minimum Gasteiger partial charge on any atom is -0.481 e. The van der Waals surface area contributed by atoms with Crippen molar-refractivity contribution >= 4 is 29.4 Å². The van der Waals surface area contributed by atoms with Crippen molar-refractivity contribution in [2.45, 2.75) is 26.4 Å². The molecule has 4 aromatic rings. The minimum atomic E-state index is -0.859. The number of benzene rings is 3. The summed E-state index contributed by atoms with van der Waals surface area (Å²) in [5.41, 5.74) is 5.50. The van der Waals surface area contributed by atoms with Gasteiger partial charge in [0.2, 0.25) is 0 Å². The molecule has 6 nitrogen and oxygen atoms in total. The van der Waals surface area contributed by atoms with Gasteiger partial charge in [-0.05, 0) is 36.6 Å². The highest BCUT2D eigenvalue weighted by atomic mass is 35.5. The second-order valence-corrected chi connectivity index (χ2v) is 8.57. The zero-order valence-corrected chi connectivity index (χ0v) is 20.0. The molecule has 0 spiro atoms. The van der Waals surface area contributed by atoms with Gasteiger partial charge in [0.05, 0.1) is 18.4 Å². The average molecular weight is 490 g/mol. The first-order valence-corrected chi connectivity index (χ1v) is 11.4. The van der Waals surface area contributed by atoms with Crippen molar-refractivity contribution in [1.29, 1.82) is 0 Å². The quantitative estimate of drug-likeness (QED) is 0.280. The molecule has 1 atom stereocenters. The molecule has 0 aliphatic carbocycles. The number of carboxylic acids is 1. The molecule has 0 saturated carbocycles. The highest BCUT2D eigenvalue weighted by Gasteiger charge is 2.19. The number of nitrogens with one attached hydrogen (secondary N) is 1. The number of carboxylic acid groups (broad SMARTS) is 1. The predicted molar refractivity (Wildman–Crippen MR) is 136 cm³/mol. The van der Waals surface area contributed by atoms with Gasteiger partial charge in [-0.2, -0.15) is 0 Å². The van der Waals surface area contributed by atoms with Gasteiger partial charge in [0.15, 0.2) is 5.76 Å². The maximum atomic E-state index is 12.6. The Morgan fingerprint density at radius 2 is 1.57 bits per heavy atom. The third-order valence-electron chi connectivity index (χ3n) is 5.62. The van der Waals surface area contributed by atoms with Crippen molar-refractivity contribution in [3.63, 3.8) is 0 Å². The van der Waals surface area contributed by atoms with Gasteiger partial charge in [-0.3, -0.25) is 10.1 Å². The number of carbonyl (C=O) groups is 2. The van der Waals surface area contributed by atoms with Crippen molar-refractivity contribution in [3.8, 4) is 22.5 Å². The van der Waals surface area contributed by atoms with Crippen LogP contribution in [0.25, 0.3) is 22.5 Å². The molecule has 3 aromatic carbocycles. The molecule has 1 heterocycles. The van der Waals surface area contributed by atoms with Crippen LogP contribution in [0.3, 0.4) is 0 Å². The average Bonchev–Trinajstić information content (AvgIpc) is 3.19. The van der Waals surface area contributed by atoms with Crippen molar-refractivity contribution < 1.29 is 23.8 Å². The topological polar surface area (TPSA) is 88.8 Å². The Morgan fingerprint density at radius 3 is 2.20 bits per heavy atom. The molecular formula is C28H24ClNO5. The van der Waals surface area contributed by atoms with Gasteiger partial charge in [0, 0.05) is 21.7 Å². The Balaban J connectivity index is 1.48. The van der Waals surface area contributed by atoms with Crippen LogP contribution in [0.2, 0.25) is 5.02 Å². The summed E-state index contributed by atoms with van der Waals surface area (Å²) in [6.07, 6.45) is 0.436. The van der Waals surface area contributed by atoms with Gasteiger partial charge in [0.25, 0.3) is 0 Å². The summed E-state index contributed by atoms with van der Waals surface area (Å²) < 4.78 is 11.3. The molecule has 0 bridgehead atoms. The smallest absolute Gasteiger partial charge is 0.412 e. The molecular weight excluding hydrogens is 466 g/mol. The number of aliphatic carboxylic acids is 1. The van der Waals surface area contributed by atoms with E-state index in [0.717, 1.165) is 33.4 Å². The highest BCUT2D eigenvalue weighted by molar-refractivity contribution is 6.31.